The number of pyridine rings is 1. The molecule has 0 spiro atoms. The van der Waals surface area contributed by atoms with Crippen molar-refractivity contribution in [3.05, 3.63) is 53.9 Å². The van der Waals surface area contributed by atoms with Crippen LogP contribution in [0.5, 0.6) is 0 Å². The summed E-state index contributed by atoms with van der Waals surface area (Å²) in [7, 11) is 0. The van der Waals surface area contributed by atoms with Crippen LogP contribution in [0.3, 0.4) is 0 Å². The molecule has 1 aromatic carbocycles. The van der Waals surface area contributed by atoms with E-state index in [2.05, 4.69) is 25.8 Å². The molecule has 9 heteroatoms. The number of aromatic amines is 1. The zero-order chi connectivity index (χ0) is 19.2. The van der Waals surface area contributed by atoms with E-state index in [1.807, 2.05) is 37.3 Å². The fourth-order valence-electron chi connectivity index (χ4n) is 2.61. The van der Waals surface area contributed by atoms with E-state index in [9.17, 15) is 13.6 Å². The highest BCUT2D eigenvalue weighted by Crippen LogP contribution is 2.25. The number of benzene rings is 1. The molecule has 0 radical (unpaired) electrons. The smallest absolute Gasteiger partial charge is 0.320 e. The van der Waals surface area contributed by atoms with Gasteiger partial charge in [0, 0.05) is 24.3 Å². The van der Waals surface area contributed by atoms with Gasteiger partial charge < -0.3 is 10.1 Å². The van der Waals surface area contributed by atoms with E-state index in [4.69, 9.17) is 4.74 Å². The fraction of sp³-hybridized carbons (Fsp3) is 0.278. The van der Waals surface area contributed by atoms with E-state index in [-0.39, 0.29) is 22.9 Å². The van der Waals surface area contributed by atoms with Crippen molar-refractivity contribution >= 4 is 22.8 Å². The molecule has 142 valence electrons. The van der Waals surface area contributed by atoms with Gasteiger partial charge in [-0.05, 0) is 12.5 Å². The summed E-state index contributed by atoms with van der Waals surface area (Å²) in [6.07, 6.45) is -1.42. The number of carbonyl (C=O) groups is 1. The van der Waals surface area contributed by atoms with Crippen LogP contribution < -0.4 is 10.6 Å². The molecule has 3 N–H and O–H groups in total. The summed E-state index contributed by atoms with van der Waals surface area (Å²) in [5.41, 5.74) is 0.900. The number of halogens is 2. The SMILES string of the molecule is CCOCC(NC(=O)Nc1cc2n[nH]c(C(F)F)c2cn1)c1ccccc1. The molecule has 0 aliphatic rings. The van der Waals surface area contributed by atoms with Gasteiger partial charge in [-0.25, -0.2) is 18.6 Å². The van der Waals surface area contributed by atoms with Gasteiger partial charge in [0.05, 0.1) is 18.2 Å². The number of amides is 2. The van der Waals surface area contributed by atoms with E-state index in [0.717, 1.165) is 5.56 Å². The number of carbonyl (C=O) groups excluding carboxylic acids is 1. The average molecular weight is 375 g/mol. The number of hydrogen-bond acceptors (Lipinski definition) is 4. The lowest BCUT2D eigenvalue weighted by atomic mass is 10.1. The number of nitrogens with zero attached hydrogens (tertiary/aromatic N) is 2. The van der Waals surface area contributed by atoms with Crippen LogP contribution in [0.2, 0.25) is 0 Å². The van der Waals surface area contributed by atoms with Crippen molar-refractivity contribution in [2.45, 2.75) is 19.4 Å². The first-order valence-corrected chi connectivity index (χ1v) is 8.41. The molecule has 3 rings (SSSR count). The van der Waals surface area contributed by atoms with Crippen molar-refractivity contribution in [1.29, 1.82) is 0 Å². The molecule has 2 heterocycles. The monoisotopic (exact) mass is 375 g/mol. The molecule has 0 fully saturated rings. The van der Waals surface area contributed by atoms with Crippen LogP contribution in [0.25, 0.3) is 10.9 Å². The van der Waals surface area contributed by atoms with Gasteiger partial charge in [0.1, 0.15) is 11.5 Å². The summed E-state index contributed by atoms with van der Waals surface area (Å²) < 4.78 is 31.2. The lowest BCUT2D eigenvalue weighted by Gasteiger charge is -2.19. The van der Waals surface area contributed by atoms with Crippen molar-refractivity contribution in [3.63, 3.8) is 0 Å². The Hall–Kier alpha value is -3.07. The van der Waals surface area contributed by atoms with Crippen molar-refractivity contribution < 1.29 is 18.3 Å². The number of aromatic nitrogens is 3. The van der Waals surface area contributed by atoms with E-state index in [0.29, 0.717) is 18.7 Å². The minimum absolute atomic E-state index is 0.204. The summed E-state index contributed by atoms with van der Waals surface area (Å²) in [4.78, 5) is 16.4. The van der Waals surface area contributed by atoms with Gasteiger partial charge in [-0.2, -0.15) is 5.10 Å². The summed E-state index contributed by atoms with van der Waals surface area (Å²) in [5.74, 6) is 0.204. The van der Waals surface area contributed by atoms with E-state index < -0.39 is 12.5 Å². The Morgan fingerprint density at radius 1 is 1.30 bits per heavy atom. The van der Waals surface area contributed by atoms with Gasteiger partial charge in [-0.15, -0.1) is 0 Å². The minimum Gasteiger partial charge on any atom is -0.379 e. The summed E-state index contributed by atoms with van der Waals surface area (Å²) in [6, 6.07) is 10.0. The maximum atomic E-state index is 12.9. The molecule has 0 saturated carbocycles. The van der Waals surface area contributed by atoms with Gasteiger partial charge in [0.2, 0.25) is 0 Å². The minimum atomic E-state index is -2.68. The van der Waals surface area contributed by atoms with Gasteiger partial charge in [-0.3, -0.25) is 10.4 Å². The predicted molar refractivity (Wildman–Crippen MR) is 96.7 cm³/mol. The van der Waals surface area contributed by atoms with Gasteiger partial charge in [0.25, 0.3) is 6.43 Å². The third kappa shape index (κ3) is 4.56. The van der Waals surface area contributed by atoms with Crippen LogP contribution in [-0.4, -0.2) is 34.4 Å². The molecular formula is C18H19F2N5O2. The van der Waals surface area contributed by atoms with Crippen LogP contribution in [0.4, 0.5) is 19.4 Å². The zero-order valence-electron chi connectivity index (χ0n) is 14.6. The summed E-state index contributed by atoms with van der Waals surface area (Å²) >= 11 is 0. The molecule has 3 aromatic rings. The van der Waals surface area contributed by atoms with Crippen LogP contribution >= 0.6 is 0 Å². The number of rotatable bonds is 7. The Bertz CT molecular complexity index is 901. The maximum absolute atomic E-state index is 12.9. The van der Waals surface area contributed by atoms with Crippen LogP contribution in [0.15, 0.2) is 42.6 Å². The highest BCUT2D eigenvalue weighted by atomic mass is 19.3. The lowest BCUT2D eigenvalue weighted by molar-refractivity contribution is 0.125. The predicted octanol–water partition coefficient (Wildman–Crippen LogP) is 3.79. The Kier molecular flexibility index (Phi) is 5.92. The van der Waals surface area contributed by atoms with Crippen molar-refractivity contribution in [2.24, 2.45) is 0 Å². The molecule has 0 bridgehead atoms. The molecule has 1 atom stereocenters. The first-order valence-electron chi connectivity index (χ1n) is 8.41. The molecule has 2 aromatic heterocycles. The molecule has 0 saturated heterocycles. The van der Waals surface area contributed by atoms with Crippen LogP contribution in [0.1, 0.15) is 30.6 Å². The normalized spacial score (nSPS) is 12.3. The van der Waals surface area contributed by atoms with E-state index in [1.54, 1.807) is 0 Å². The number of nitrogens with one attached hydrogen (secondary N) is 3. The zero-order valence-corrected chi connectivity index (χ0v) is 14.6. The van der Waals surface area contributed by atoms with Crippen molar-refractivity contribution in [3.8, 4) is 0 Å². The molecule has 7 nitrogen and oxygen atoms in total. The van der Waals surface area contributed by atoms with E-state index >= 15 is 0 Å². The van der Waals surface area contributed by atoms with Gasteiger partial charge in [0.15, 0.2) is 0 Å². The van der Waals surface area contributed by atoms with Gasteiger partial charge >= 0.3 is 6.03 Å². The molecule has 0 aliphatic heterocycles. The fourth-order valence-corrected chi connectivity index (χ4v) is 2.61. The summed E-state index contributed by atoms with van der Waals surface area (Å²) in [6.45, 7) is 2.72. The number of H-pyrrole nitrogens is 1. The molecular weight excluding hydrogens is 356 g/mol. The number of alkyl halides is 2. The third-order valence-corrected chi connectivity index (χ3v) is 3.92. The van der Waals surface area contributed by atoms with Crippen LogP contribution in [0, 0.1) is 0 Å². The number of anilines is 1. The average Bonchev–Trinajstić information content (AvgIpc) is 3.09. The topological polar surface area (TPSA) is 91.9 Å². The standard InChI is InChI=1S/C18H19F2N5O2/c1-2-27-10-14(11-6-4-3-5-7-11)22-18(26)23-15-8-13-12(9-21-15)16(17(19)20)25-24-13/h3-9,14,17H,2,10H2,1H3,(H,24,25)(H2,21,22,23,26). The first kappa shape index (κ1) is 18.7. The maximum Gasteiger partial charge on any atom is 0.320 e. The second-order valence-corrected chi connectivity index (χ2v) is 5.75. The second kappa shape index (κ2) is 8.54. The summed E-state index contributed by atoms with van der Waals surface area (Å²) in [5, 5.41) is 11.7. The third-order valence-electron chi connectivity index (χ3n) is 3.92. The Morgan fingerprint density at radius 2 is 2.07 bits per heavy atom. The number of urea groups is 1. The molecule has 27 heavy (non-hydrogen) atoms. The van der Waals surface area contributed by atoms with Crippen LogP contribution in [-0.2, 0) is 4.74 Å². The number of ether oxygens (including phenoxy) is 1. The van der Waals surface area contributed by atoms with Crippen molar-refractivity contribution in [1.82, 2.24) is 20.5 Å². The highest BCUT2D eigenvalue weighted by Gasteiger charge is 2.17. The van der Waals surface area contributed by atoms with Gasteiger partial charge in [-0.1, -0.05) is 30.3 Å². The molecule has 2 amide bonds. The quantitative estimate of drug-likeness (QED) is 0.586. The highest BCUT2D eigenvalue weighted by molar-refractivity contribution is 5.91. The number of hydrogen-bond donors (Lipinski definition) is 3. The number of fused-ring (bicyclic) bond motifs is 1. The van der Waals surface area contributed by atoms with E-state index in [1.165, 1.54) is 12.3 Å². The first-order chi connectivity index (χ1) is 13.1. The lowest BCUT2D eigenvalue weighted by Crippen LogP contribution is -2.35. The largest absolute Gasteiger partial charge is 0.379 e. The Balaban J connectivity index is 1.70. The second-order valence-electron chi connectivity index (χ2n) is 5.75. The Labute approximate surface area is 154 Å². The van der Waals surface area contributed by atoms with Crippen molar-refractivity contribution in [2.75, 3.05) is 18.5 Å². The molecule has 0 aliphatic carbocycles. The molecule has 1 unspecified atom stereocenters. The Morgan fingerprint density at radius 3 is 2.78 bits per heavy atom.